The normalized spacial score (nSPS) is 10.6. The summed E-state index contributed by atoms with van der Waals surface area (Å²) in [4.78, 5) is 4.12. The Morgan fingerprint density at radius 3 is 2.74 bits per heavy atom. The summed E-state index contributed by atoms with van der Waals surface area (Å²) in [5.41, 5.74) is 0. The maximum absolute atomic E-state index is 5.80. The Hall–Kier alpha value is -0.980. The Morgan fingerprint density at radius 2 is 2.05 bits per heavy atom. The SMILES string of the molecule is S=c1nc(CSCCCOc2ccc(Cl)cc2)[nH][nH]1. The van der Waals surface area contributed by atoms with Crippen molar-refractivity contribution in [1.82, 2.24) is 15.2 Å². The van der Waals surface area contributed by atoms with Crippen LogP contribution in [-0.4, -0.2) is 27.5 Å². The smallest absolute Gasteiger partial charge is 0.213 e. The average molecular weight is 316 g/mol. The van der Waals surface area contributed by atoms with Crippen LogP contribution in [0.5, 0.6) is 5.75 Å². The quantitative estimate of drug-likeness (QED) is 0.602. The highest BCUT2D eigenvalue weighted by molar-refractivity contribution is 7.98. The molecule has 0 fully saturated rings. The van der Waals surface area contributed by atoms with Crippen molar-refractivity contribution in [2.45, 2.75) is 12.2 Å². The minimum atomic E-state index is 0.502. The number of hydrogen-bond donors (Lipinski definition) is 2. The molecule has 0 unspecified atom stereocenters. The summed E-state index contributed by atoms with van der Waals surface area (Å²) < 4.78 is 6.10. The van der Waals surface area contributed by atoms with Gasteiger partial charge in [-0.05, 0) is 48.7 Å². The van der Waals surface area contributed by atoms with Gasteiger partial charge in [-0.3, -0.25) is 10.2 Å². The molecule has 0 spiro atoms. The monoisotopic (exact) mass is 315 g/mol. The molecular weight excluding hydrogens is 302 g/mol. The molecule has 0 atom stereocenters. The van der Waals surface area contributed by atoms with E-state index in [9.17, 15) is 0 Å². The first-order valence-electron chi connectivity index (χ1n) is 5.84. The first-order valence-corrected chi connectivity index (χ1v) is 7.78. The number of nitrogens with zero attached hydrogens (tertiary/aromatic N) is 1. The largest absolute Gasteiger partial charge is 0.494 e. The van der Waals surface area contributed by atoms with Crippen LogP contribution in [0.2, 0.25) is 5.02 Å². The van der Waals surface area contributed by atoms with Gasteiger partial charge in [0, 0.05) is 5.02 Å². The minimum Gasteiger partial charge on any atom is -0.494 e. The van der Waals surface area contributed by atoms with Crippen molar-refractivity contribution in [2.24, 2.45) is 0 Å². The molecule has 0 aliphatic rings. The Bertz CT molecular complexity index is 553. The summed E-state index contributed by atoms with van der Waals surface area (Å²) in [6.07, 6.45) is 0.985. The van der Waals surface area contributed by atoms with E-state index in [0.29, 0.717) is 11.4 Å². The fourth-order valence-corrected chi connectivity index (χ4v) is 2.51. The number of aromatic nitrogens is 3. The summed E-state index contributed by atoms with van der Waals surface area (Å²) in [5, 5.41) is 6.42. The van der Waals surface area contributed by atoms with Crippen LogP contribution in [0.25, 0.3) is 0 Å². The summed E-state index contributed by atoms with van der Waals surface area (Å²) in [5.74, 6) is 3.58. The van der Waals surface area contributed by atoms with Gasteiger partial charge in [-0.15, -0.1) is 0 Å². The Labute approximate surface area is 125 Å². The number of rotatable bonds is 7. The number of hydrogen-bond acceptors (Lipinski definition) is 4. The molecule has 2 rings (SSSR count). The van der Waals surface area contributed by atoms with Gasteiger partial charge in [0.15, 0.2) is 0 Å². The lowest BCUT2D eigenvalue weighted by Crippen LogP contribution is -1.99. The first kappa shape index (κ1) is 14.4. The highest BCUT2D eigenvalue weighted by Gasteiger charge is 1.98. The standard InChI is InChI=1S/C12H14ClN3OS2/c13-9-2-4-10(5-3-9)17-6-1-7-19-8-11-14-12(18)16-15-11/h2-5H,1,6-8H2,(H2,14,15,16,18). The van der Waals surface area contributed by atoms with E-state index >= 15 is 0 Å². The molecule has 7 heteroatoms. The molecule has 4 nitrogen and oxygen atoms in total. The third-order valence-corrected chi connectivity index (χ3v) is 3.80. The maximum atomic E-state index is 5.80. The fraction of sp³-hybridized carbons (Fsp3) is 0.333. The van der Waals surface area contributed by atoms with Crippen LogP contribution in [0.1, 0.15) is 12.2 Å². The third kappa shape index (κ3) is 5.26. The molecule has 0 aliphatic carbocycles. The van der Waals surface area contributed by atoms with E-state index in [-0.39, 0.29) is 0 Å². The average Bonchev–Trinajstić information content (AvgIpc) is 2.81. The molecule has 1 heterocycles. The van der Waals surface area contributed by atoms with E-state index in [1.807, 2.05) is 24.3 Å². The number of ether oxygens (including phenoxy) is 1. The molecule has 0 saturated carbocycles. The van der Waals surface area contributed by atoms with E-state index < -0.39 is 0 Å². The molecule has 102 valence electrons. The molecule has 1 aromatic carbocycles. The van der Waals surface area contributed by atoms with Gasteiger partial charge in [0.25, 0.3) is 0 Å². The van der Waals surface area contributed by atoms with Crippen LogP contribution < -0.4 is 4.74 Å². The van der Waals surface area contributed by atoms with Crippen molar-refractivity contribution in [3.8, 4) is 5.75 Å². The second-order valence-corrected chi connectivity index (χ2v) is 5.75. The van der Waals surface area contributed by atoms with Gasteiger partial charge in [-0.2, -0.15) is 11.8 Å². The Balaban J connectivity index is 1.57. The van der Waals surface area contributed by atoms with Crippen LogP contribution in [0, 0.1) is 4.77 Å². The number of benzene rings is 1. The van der Waals surface area contributed by atoms with Crippen molar-refractivity contribution < 1.29 is 4.74 Å². The molecule has 2 aromatic rings. The van der Waals surface area contributed by atoms with Gasteiger partial charge >= 0.3 is 0 Å². The highest BCUT2D eigenvalue weighted by atomic mass is 35.5. The van der Waals surface area contributed by atoms with Crippen molar-refractivity contribution in [3.63, 3.8) is 0 Å². The summed E-state index contributed by atoms with van der Waals surface area (Å²) in [7, 11) is 0. The number of nitrogens with one attached hydrogen (secondary N) is 2. The lowest BCUT2D eigenvalue weighted by atomic mass is 10.3. The molecule has 0 aliphatic heterocycles. The molecule has 19 heavy (non-hydrogen) atoms. The zero-order chi connectivity index (χ0) is 13.5. The second kappa shape index (κ2) is 7.57. The van der Waals surface area contributed by atoms with Crippen molar-refractivity contribution >= 4 is 35.6 Å². The predicted octanol–water partition coefficient (Wildman–Crippen LogP) is 3.82. The fourth-order valence-electron chi connectivity index (χ4n) is 1.42. The van der Waals surface area contributed by atoms with Crippen molar-refractivity contribution in [2.75, 3.05) is 12.4 Å². The highest BCUT2D eigenvalue weighted by Crippen LogP contribution is 2.16. The van der Waals surface area contributed by atoms with E-state index in [4.69, 9.17) is 28.6 Å². The Morgan fingerprint density at radius 1 is 1.26 bits per heavy atom. The van der Waals surface area contributed by atoms with Crippen LogP contribution in [-0.2, 0) is 5.75 Å². The van der Waals surface area contributed by atoms with Gasteiger partial charge in [-0.25, -0.2) is 4.98 Å². The van der Waals surface area contributed by atoms with Crippen LogP contribution >= 0.6 is 35.6 Å². The number of thioether (sulfide) groups is 1. The van der Waals surface area contributed by atoms with E-state index in [2.05, 4.69) is 15.2 Å². The topological polar surface area (TPSA) is 53.7 Å². The van der Waals surface area contributed by atoms with Gasteiger partial charge < -0.3 is 4.74 Å². The first-order chi connectivity index (χ1) is 9.24. The van der Waals surface area contributed by atoms with E-state index in [0.717, 1.165) is 34.5 Å². The summed E-state index contributed by atoms with van der Waals surface area (Å²) in [6.45, 7) is 0.700. The number of aromatic amines is 2. The van der Waals surface area contributed by atoms with Gasteiger partial charge in [0.2, 0.25) is 4.77 Å². The van der Waals surface area contributed by atoms with Crippen LogP contribution in [0.3, 0.4) is 0 Å². The van der Waals surface area contributed by atoms with Gasteiger partial charge in [0.1, 0.15) is 11.6 Å². The number of H-pyrrole nitrogens is 2. The predicted molar refractivity (Wildman–Crippen MR) is 81.5 cm³/mol. The van der Waals surface area contributed by atoms with E-state index in [1.54, 1.807) is 11.8 Å². The zero-order valence-electron chi connectivity index (χ0n) is 10.2. The lowest BCUT2D eigenvalue weighted by Gasteiger charge is -2.05. The summed E-state index contributed by atoms with van der Waals surface area (Å²) in [6, 6.07) is 7.40. The lowest BCUT2D eigenvalue weighted by molar-refractivity contribution is 0.318. The third-order valence-electron chi connectivity index (χ3n) is 2.30. The molecule has 0 saturated heterocycles. The molecule has 0 amide bonds. The molecular formula is C12H14ClN3OS2. The second-order valence-electron chi connectivity index (χ2n) is 3.82. The minimum absolute atomic E-state index is 0.502. The van der Waals surface area contributed by atoms with E-state index in [1.165, 1.54) is 0 Å². The molecule has 0 radical (unpaired) electrons. The molecule has 0 bridgehead atoms. The van der Waals surface area contributed by atoms with Crippen molar-refractivity contribution in [1.29, 1.82) is 0 Å². The Kier molecular flexibility index (Phi) is 5.75. The van der Waals surface area contributed by atoms with Crippen LogP contribution in [0.15, 0.2) is 24.3 Å². The maximum Gasteiger partial charge on any atom is 0.213 e. The van der Waals surface area contributed by atoms with Crippen molar-refractivity contribution in [3.05, 3.63) is 39.9 Å². The zero-order valence-corrected chi connectivity index (χ0v) is 12.6. The molecule has 2 N–H and O–H groups in total. The number of halogens is 1. The van der Waals surface area contributed by atoms with Crippen LogP contribution in [0.4, 0.5) is 0 Å². The molecule has 1 aromatic heterocycles. The van der Waals surface area contributed by atoms with Gasteiger partial charge in [0.05, 0.1) is 12.4 Å². The van der Waals surface area contributed by atoms with Gasteiger partial charge in [-0.1, -0.05) is 11.6 Å². The summed E-state index contributed by atoms with van der Waals surface area (Å²) >= 11 is 12.5.